The Labute approximate surface area is 345 Å². The molecule has 1 aliphatic carbocycles. The molecule has 5 aliphatic rings. The van der Waals surface area contributed by atoms with Crippen molar-refractivity contribution in [1.82, 2.24) is 19.4 Å². The summed E-state index contributed by atoms with van der Waals surface area (Å²) in [7, 11) is -4.02. The number of fused-ring (bicyclic) bond motifs is 4. The third-order valence-corrected chi connectivity index (χ3v) is 15.0. The van der Waals surface area contributed by atoms with Crippen molar-refractivity contribution in [2.75, 3.05) is 63.8 Å². The van der Waals surface area contributed by atoms with Crippen molar-refractivity contribution in [1.29, 1.82) is 0 Å². The van der Waals surface area contributed by atoms with E-state index in [1.807, 2.05) is 56.0 Å². The Kier molecular flexibility index (Phi) is 12.8. The number of benzene rings is 2. The van der Waals surface area contributed by atoms with Gasteiger partial charge in [-0.2, -0.15) is 0 Å². The minimum atomic E-state index is -4.02. The van der Waals surface area contributed by atoms with Gasteiger partial charge in [-0.05, 0) is 138 Å². The summed E-state index contributed by atoms with van der Waals surface area (Å²) in [5, 5.41) is -0.197. The van der Waals surface area contributed by atoms with E-state index >= 15 is 0 Å². The topological polar surface area (TPSA) is 112 Å². The summed E-state index contributed by atoms with van der Waals surface area (Å²) in [4.78, 5) is 36.1. The quantitative estimate of drug-likeness (QED) is 0.317. The van der Waals surface area contributed by atoms with Gasteiger partial charge in [0.2, 0.25) is 10.0 Å². The van der Waals surface area contributed by atoms with Crippen LogP contribution < -0.4 is 14.4 Å². The van der Waals surface area contributed by atoms with Gasteiger partial charge in [-0.25, -0.2) is 17.9 Å². The van der Waals surface area contributed by atoms with Gasteiger partial charge in [-0.15, -0.1) is 0 Å². The number of amides is 2. The summed E-state index contributed by atoms with van der Waals surface area (Å²) in [5.74, 6) is 1.44. The molecular formula is C44H62ClN5O6S. The van der Waals surface area contributed by atoms with Gasteiger partial charge in [0, 0.05) is 75.5 Å². The lowest BCUT2D eigenvalue weighted by Gasteiger charge is -2.50. The maximum absolute atomic E-state index is 13.6. The van der Waals surface area contributed by atoms with Crippen molar-refractivity contribution < 1.29 is 27.5 Å². The van der Waals surface area contributed by atoms with Gasteiger partial charge < -0.3 is 24.2 Å². The van der Waals surface area contributed by atoms with Crippen LogP contribution in [-0.2, 0) is 27.8 Å². The minimum Gasteiger partial charge on any atom is -0.487 e. The number of aryl methyl sites for hydroxylation is 1. The molecule has 3 fully saturated rings. The van der Waals surface area contributed by atoms with Crippen LogP contribution in [-0.4, -0.2) is 111 Å². The molecule has 11 nitrogen and oxygen atoms in total. The van der Waals surface area contributed by atoms with Crippen LogP contribution in [0.5, 0.6) is 5.75 Å². The monoisotopic (exact) mass is 823 g/mol. The maximum Gasteiger partial charge on any atom is 0.410 e. The van der Waals surface area contributed by atoms with E-state index in [0.29, 0.717) is 60.2 Å². The second kappa shape index (κ2) is 17.5. The Bertz CT molecular complexity index is 1920. The van der Waals surface area contributed by atoms with Crippen LogP contribution in [0.3, 0.4) is 0 Å². The van der Waals surface area contributed by atoms with Crippen molar-refractivity contribution in [2.45, 2.75) is 103 Å². The molecule has 5 atom stereocenters. The molecule has 0 radical (unpaired) electrons. The molecule has 0 aromatic heterocycles. The fourth-order valence-corrected chi connectivity index (χ4v) is 10.8. The number of nitrogens with one attached hydrogen (secondary N) is 1. The third kappa shape index (κ3) is 10.1. The number of ether oxygens (including phenoxy) is 2. The molecule has 4 heterocycles. The predicted octanol–water partition coefficient (Wildman–Crippen LogP) is 7.13. The fourth-order valence-electron chi connectivity index (χ4n) is 9.55. The minimum absolute atomic E-state index is 0.232. The van der Waals surface area contributed by atoms with Crippen LogP contribution in [0, 0.1) is 17.8 Å². The van der Waals surface area contributed by atoms with Gasteiger partial charge in [-0.3, -0.25) is 9.69 Å². The number of nitrogens with zero attached hydrogens (tertiary/aromatic N) is 4. The zero-order chi connectivity index (χ0) is 40.5. The van der Waals surface area contributed by atoms with Crippen LogP contribution >= 0.6 is 11.6 Å². The molecule has 2 saturated heterocycles. The van der Waals surface area contributed by atoms with E-state index in [4.69, 9.17) is 21.1 Å². The molecule has 1 saturated carbocycles. The molecule has 57 heavy (non-hydrogen) atoms. The fraction of sp³-hybridized carbons (Fsp3) is 0.636. The molecule has 312 valence electrons. The highest BCUT2D eigenvalue weighted by atomic mass is 35.5. The van der Waals surface area contributed by atoms with E-state index in [-0.39, 0.29) is 17.7 Å². The number of hydrogen-bond donors (Lipinski definition) is 1. The lowest BCUT2D eigenvalue weighted by molar-refractivity contribution is -0.0224. The Morgan fingerprint density at radius 2 is 1.75 bits per heavy atom. The molecule has 1 N–H and O–H groups in total. The molecule has 2 aromatic rings. The van der Waals surface area contributed by atoms with Gasteiger partial charge in [0.25, 0.3) is 5.91 Å². The first-order valence-electron chi connectivity index (χ1n) is 21.1. The van der Waals surface area contributed by atoms with Crippen LogP contribution in [0.1, 0.15) is 94.1 Å². The highest BCUT2D eigenvalue weighted by Gasteiger charge is 2.41. The maximum atomic E-state index is 13.6. The molecular weight excluding hydrogens is 762 g/mol. The molecule has 7 rings (SSSR count). The Morgan fingerprint density at radius 3 is 2.53 bits per heavy atom. The molecule has 2 amide bonds. The summed E-state index contributed by atoms with van der Waals surface area (Å²) in [6.45, 7) is 19.6. The first-order valence-corrected chi connectivity index (χ1v) is 23.0. The second-order valence-corrected chi connectivity index (χ2v) is 20.5. The van der Waals surface area contributed by atoms with Crippen molar-refractivity contribution in [3.05, 3.63) is 70.3 Å². The summed E-state index contributed by atoms with van der Waals surface area (Å²) < 4.78 is 41.8. The summed E-state index contributed by atoms with van der Waals surface area (Å²) in [5.41, 5.74) is 3.48. The van der Waals surface area contributed by atoms with Crippen LogP contribution in [0.25, 0.3) is 0 Å². The molecule has 2 bridgehead atoms. The lowest BCUT2D eigenvalue weighted by Crippen LogP contribution is -2.63. The number of carbonyl (C=O) groups is 2. The van der Waals surface area contributed by atoms with E-state index < -0.39 is 26.8 Å². The summed E-state index contributed by atoms with van der Waals surface area (Å²) >= 11 is 6.42. The van der Waals surface area contributed by atoms with Crippen LogP contribution in [0.2, 0.25) is 5.02 Å². The van der Waals surface area contributed by atoms with Crippen molar-refractivity contribution >= 4 is 39.3 Å². The number of rotatable bonds is 2. The number of sulfonamides is 1. The number of anilines is 1. The second-order valence-electron chi connectivity index (χ2n) is 18.1. The van der Waals surface area contributed by atoms with Gasteiger partial charge in [0.1, 0.15) is 18.0 Å². The molecule has 0 unspecified atom stereocenters. The highest BCUT2D eigenvalue weighted by molar-refractivity contribution is 7.90. The van der Waals surface area contributed by atoms with Gasteiger partial charge in [0.15, 0.2) is 0 Å². The zero-order valence-corrected chi connectivity index (χ0v) is 35.9. The number of halogens is 1. The molecule has 13 heteroatoms. The van der Waals surface area contributed by atoms with E-state index in [0.717, 1.165) is 102 Å². The number of hydrogen-bond acceptors (Lipinski definition) is 9. The SMILES string of the molecule is C=C1CCC[C@H](CN2CCN3CCN(C(=O)OC(C)(C)C)C[C@H]3C2)[C@@H]2CC[C@H]2CN2CCCCc3cc(Cl)ccc3COc3ccc(cc32)C(=O)NS(=O)(=O)[C@@H]1C. The molecule has 4 aliphatic heterocycles. The Hall–Kier alpha value is -3.32. The normalized spacial score (nSPS) is 28.0. The Morgan fingerprint density at radius 1 is 0.947 bits per heavy atom. The van der Waals surface area contributed by atoms with E-state index in [9.17, 15) is 18.0 Å². The van der Waals surface area contributed by atoms with Crippen molar-refractivity contribution in [2.24, 2.45) is 17.8 Å². The first kappa shape index (κ1) is 41.8. The van der Waals surface area contributed by atoms with E-state index in [1.54, 1.807) is 13.0 Å². The van der Waals surface area contributed by atoms with Gasteiger partial charge in [-0.1, -0.05) is 29.8 Å². The average Bonchev–Trinajstić information content (AvgIpc) is 3.17. The molecule has 0 spiro atoms. The van der Waals surface area contributed by atoms with E-state index in [1.165, 1.54) is 5.56 Å². The standard InChI is InChI=1S/C44H62ClN5O6S/c1-30-9-8-11-34(25-47-19-20-48-21-22-50(28-38(48)27-47)43(52)56-44(3,4)5)39-16-13-35(39)26-49-18-7-6-10-32-23-37(45)15-12-36(32)29-55-41-17-14-33(24-40(41)49)42(51)46-57(53,54)31(30)2/h12,14-15,17,23-24,31,34-35,38-39H,1,6-11,13,16,18-22,25-29H2,2-5H3,(H,46,51)/t31-,34-,35+,38-,39+/m1/s1. The highest BCUT2D eigenvalue weighted by Crippen LogP contribution is 2.45. The zero-order valence-electron chi connectivity index (χ0n) is 34.3. The smallest absolute Gasteiger partial charge is 0.410 e. The number of carbonyl (C=O) groups excluding carboxylic acids is 2. The van der Waals surface area contributed by atoms with Crippen molar-refractivity contribution in [3.8, 4) is 5.75 Å². The van der Waals surface area contributed by atoms with Crippen LogP contribution in [0.15, 0.2) is 48.6 Å². The van der Waals surface area contributed by atoms with E-state index in [2.05, 4.69) is 26.0 Å². The summed E-state index contributed by atoms with van der Waals surface area (Å²) in [6, 6.07) is 11.5. The lowest BCUT2D eigenvalue weighted by atomic mass is 9.65. The van der Waals surface area contributed by atoms with Gasteiger partial charge in [0.05, 0.1) is 10.9 Å². The first-order chi connectivity index (χ1) is 27.1. The van der Waals surface area contributed by atoms with Crippen molar-refractivity contribution in [3.63, 3.8) is 0 Å². The van der Waals surface area contributed by atoms with Gasteiger partial charge >= 0.3 is 6.09 Å². The number of piperazine rings is 2. The predicted molar refractivity (Wildman–Crippen MR) is 226 cm³/mol. The van der Waals surface area contributed by atoms with Crippen LogP contribution in [0.4, 0.5) is 10.5 Å². The Balaban J connectivity index is 1.15. The largest absolute Gasteiger partial charge is 0.487 e. The third-order valence-electron chi connectivity index (χ3n) is 13.0. The molecule has 2 aromatic carbocycles. The summed E-state index contributed by atoms with van der Waals surface area (Å²) in [6.07, 6.45) is 7.29. The average molecular weight is 825 g/mol.